The van der Waals surface area contributed by atoms with Gasteiger partial charge in [0.2, 0.25) is 17.8 Å². The summed E-state index contributed by atoms with van der Waals surface area (Å²) >= 11 is 0. The van der Waals surface area contributed by atoms with Crippen LogP contribution in [0.3, 0.4) is 0 Å². The smallest absolute Gasteiger partial charge is 0.258 e. The average molecular weight is 598 g/mol. The monoisotopic (exact) mass is 597 g/mol. The highest BCUT2D eigenvalue weighted by Gasteiger charge is 2.21. The number of hydrogen-bond acceptors (Lipinski definition) is 6. The van der Waals surface area contributed by atoms with Gasteiger partial charge >= 0.3 is 0 Å². The quantitative estimate of drug-likeness (QED) is 0.244. The molecule has 0 radical (unpaired) electrons. The number of anilines is 3. The second-order valence-electron chi connectivity index (χ2n) is 10.6. The lowest BCUT2D eigenvalue weighted by Gasteiger charge is -2.11. The van der Waals surface area contributed by atoms with E-state index in [0.29, 0.717) is 34.4 Å². The first-order chi connectivity index (χ1) is 21.8. The molecule has 3 heterocycles. The van der Waals surface area contributed by atoms with Crippen molar-refractivity contribution < 1.29 is 14.4 Å². The number of hydrogen-bond donors (Lipinski definition) is 3. The molecule has 0 saturated heterocycles. The number of fused-ring (bicyclic) bond motifs is 3. The standard InChI is InChI=1S/C33H27N9O3/c1-40-25-13-7-4-10-22(25)34-31(40)37-28(43)19-16-20(29(44)38-32-35-23-11-5-8-14-26(23)41(32)2)18-21(17-19)30(45)39-33-36-24-12-6-9-15-27(24)42(33)3/h4-18H,1-3H3,(H,34,37,43)(H,35,38,44)(H,36,39,45). The van der Waals surface area contributed by atoms with Crippen LogP contribution in [0.25, 0.3) is 33.1 Å². The summed E-state index contributed by atoms with van der Waals surface area (Å²) < 4.78 is 5.28. The van der Waals surface area contributed by atoms with E-state index in [2.05, 4.69) is 30.9 Å². The molecule has 7 rings (SSSR count). The SMILES string of the molecule is Cn1c(NC(=O)c2cc(C(=O)Nc3nc4ccccc4n3C)cc(C(=O)Nc3nc4ccccc4n3C)c2)nc2ccccc21. The number of carbonyl (C=O) groups excluding carboxylic acids is 3. The predicted molar refractivity (Wildman–Crippen MR) is 172 cm³/mol. The van der Waals surface area contributed by atoms with Gasteiger partial charge in [-0.25, -0.2) is 15.0 Å². The van der Waals surface area contributed by atoms with Crippen molar-refractivity contribution in [2.24, 2.45) is 21.1 Å². The third kappa shape index (κ3) is 4.93. The summed E-state index contributed by atoms with van der Waals surface area (Å²) in [6, 6.07) is 26.8. The zero-order chi connectivity index (χ0) is 31.2. The van der Waals surface area contributed by atoms with Crippen LogP contribution >= 0.6 is 0 Å². The number of imidazole rings is 3. The Morgan fingerprint density at radius 3 is 1.00 bits per heavy atom. The zero-order valence-corrected chi connectivity index (χ0v) is 24.6. The molecule has 0 unspecified atom stereocenters. The molecule has 0 atom stereocenters. The summed E-state index contributed by atoms with van der Waals surface area (Å²) in [4.78, 5) is 54.3. The molecular weight excluding hydrogens is 570 g/mol. The van der Waals surface area contributed by atoms with E-state index in [1.54, 1.807) is 34.8 Å². The van der Waals surface area contributed by atoms with Gasteiger partial charge in [0.15, 0.2) is 0 Å². The van der Waals surface area contributed by atoms with E-state index in [1.165, 1.54) is 18.2 Å². The lowest BCUT2D eigenvalue weighted by Crippen LogP contribution is -2.21. The predicted octanol–water partition coefficient (Wildman–Crippen LogP) is 5.10. The van der Waals surface area contributed by atoms with Crippen molar-refractivity contribution in [2.75, 3.05) is 16.0 Å². The fraction of sp³-hybridized carbons (Fsp3) is 0.0909. The second kappa shape index (κ2) is 10.8. The maximum absolute atomic E-state index is 13.6. The Bertz CT molecular complexity index is 2040. The minimum Gasteiger partial charge on any atom is -0.313 e. The lowest BCUT2D eigenvalue weighted by molar-refractivity contribution is 0.102. The number of amides is 3. The number of carbonyl (C=O) groups is 3. The van der Waals surface area contributed by atoms with Crippen LogP contribution in [0.5, 0.6) is 0 Å². The Morgan fingerprint density at radius 2 is 0.733 bits per heavy atom. The molecule has 0 aliphatic heterocycles. The van der Waals surface area contributed by atoms with Crippen molar-refractivity contribution in [3.63, 3.8) is 0 Å². The fourth-order valence-corrected chi connectivity index (χ4v) is 5.31. The molecule has 0 saturated carbocycles. The van der Waals surface area contributed by atoms with Crippen LogP contribution in [0.1, 0.15) is 31.1 Å². The Balaban J connectivity index is 1.24. The number of rotatable bonds is 6. The number of aromatic nitrogens is 6. The van der Waals surface area contributed by atoms with Gasteiger partial charge in [-0.1, -0.05) is 36.4 Å². The first-order valence-electron chi connectivity index (χ1n) is 14.1. The van der Waals surface area contributed by atoms with Crippen LogP contribution in [0, 0.1) is 0 Å². The highest BCUT2D eigenvalue weighted by Crippen LogP contribution is 2.23. The Kier molecular flexibility index (Phi) is 6.58. The number of benzene rings is 4. The van der Waals surface area contributed by atoms with Gasteiger partial charge in [0.1, 0.15) is 0 Å². The van der Waals surface area contributed by atoms with Gasteiger partial charge in [0, 0.05) is 37.8 Å². The second-order valence-corrected chi connectivity index (χ2v) is 10.6. The van der Waals surface area contributed by atoms with Crippen LogP contribution in [0.2, 0.25) is 0 Å². The Morgan fingerprint density at radius 1 is 0.467 bits per heavy atom. The summed E-state index contributed by atoms with van der Waals surface area (Å²) in [5, 5.41) is 8.45. The minimum atomic E-state index is -0.539. The highest BCUT2D eigenvalue weighted by molar-refractivity contribution is 6.12. The van der Waals surface area contributed by atoms with Crippen molar-refractivity contribution >= 4 is 68.7 Å². The van der Waals surface area contributed by atoms with E-state index in [4.69, 9.17) is 0 Å². The van der Waals surface area contributed by atoms with Crippen LogP contribution in [0.4, 0.5) is 17.8 Å². The molecule has 3 aromatic heterocycles. The summed E-state index contributed by atoms with van der Waals surface area (Å²) in [5.74, 6) is -0.655. The van der Waals surface area contributed by atoms with Gasteiger partial charge in [0.25, 0.3) is 17.7 Å². The van der Waals surface area contributed by atoms with Gasteiger partial charge in [-0.3, -0.25) is 30.3 Å². The maximum Gasteiger partial charge on any atom is 0.258 e. The van der Waals surface area contributed by atoms with Crippen molar-refractivity contribution in [1.29, 1.82) is 0 Å². The fourth-order valence-electron chi connectivity index (χ4n) is 5.31. The Hall–Kier alpha value is -6.30. The van der Waals surface area contributed by atoms with Crippen molar-refractivity contribution in [3.05, 3.63) is 108 Å². The molecule has 0 bridgehead atoms. The molecule has 3 amide bonds. The molecule has 3 N–H and O–H groups in total. The minimum absolute atomic E-state index is 0.0925. The van der Waals surface area contributed by atoms with E-state index < -0.39 is 17.7 Å². The summed E-state index contributed by atoms with van der Waals surface area (Å²) in [6.45, 7) is 0. The van der Waals surface area contributed by atoms with Crippen LogP contribution in [0.15, 0.2) is 91.0 Å². The van der Waals surface area contributed by atoms with Crippen molar-refractivity contribution in [1.82, 2.24) is 28.7 Å². The third-order valence-electron chi connectivity index (χ3n) is 7.76. The first kappa shape index (κ1) is 27.5. The van der Waals surface area contributed by atoms with E-state index >= 15 is 0 Å². The summed E-state index contributed by atoms with van der Waals surface area (Å²) in [5.41, 5.74) is 4.94. The van der Waals surface area contributed by atoms with Gasteiger partial charge in [-0.15, -0.1) is 0 Å². The maximum atomic E-state index is 13.6. The van der Waals surface area contributed by atoms with Gasteiger partial charge < -0.3 is 13.7 Å². The highest BCUT2D eigenvalue weighted by atomic mass is 16.2. The lowest BCUT2D eigenvalue weighted by atomic mass is 10.0. The molecule has 4 aromatic carbocycles. The molecule has 7 aromatic rings. The van der Waals surface area contributed by atoms with Gasteiger partial charge in [0.05, 0.1) is 33.1 Å². The van der Waals surface area contributed by atoms with Crippen LogP contribution in [-0.2, 0) is 21.1 Å². The average Bonchev–Trinajstić information content (AvgIpc) is 3.67. The summed E-state index contributed by atoms with van der Waals surface area (Å²) in [6.07, 6.45) is 0. The molecular formula is C33H27N9O3. The largest absolute Gasteiger partial charge is 0.313 e. The number of nitrogens with zero attached hydrogens (tertiary/aromatic N) is 6. The topological polar surface area (TPSA) is 141 Å². The van der Waals surface area contributed by atoms with Crippen molar-refractivity contribution in [2.45, 2.75) is 0 Å². The molecule has 0 spiro atoms. The van der Waals surface area contributed by atoms with Crippen LogP contribution < -0.4 is 16.0 Å². The van der Waals surface area contributed by atoms with E-state index in [-0.39, 0.29) is 16.7 Å². The first-order valence-corrected chi connectivity index (χ1v) is 14.1. The van der Waals surface area contributed by atoms with E-state index in [9.17, 15) is 14.4 Å². The normalized spacial score (nSPS) is 11.3. The molecule has 0 fully saturated rings. The van der Waals surface area contributed by atoms with Crippen molar-refractivity contribution in [3.8, 4) is 0 Å². The molecule has 12 heteroatoms. The van der Waals surface area contributed by atoms with Gasteiger partial charge in [-0.05, 0) is 54.6 Å². The van der Waals surface area contributed by atoms with Gasteiger partial charge in [-0.2, -0.15) is 0 Å². The molecule has 0 aliphatic rings. The zero-order valence-electron chi connectivity index (χ0n) is 24.6. The Labute approximate surface area is 256 Å². The molecule has 45 heavy (non-hydrogen) atoms. The number of para-hydroxylation sites is 6. The molecule has 222 valence electrons. The number of aryl methyl sites for hydroxylation is 3. The van der Waals surface area contributed by atoms with E-state index in [1.807, 2.05) is 72.8 Å². The molecule has 0 aliphatic carbocycles. The summed E-state index contributed by atoms with van der Waals surface area (Å²) in [7, 11) is 5.38. The molecule has 12 nitrogen and oxygen atoms in total. The third-order valence-corrected chi connectivity index (χ3v) is 7.76. The number of nitrogens with one attached hydrogen (secondary N) is 3. The van der Waals surface area contributed by atoms with Crippen LogP contribution in [-0.4, -0.2) is 46.4 Å². The van der Waals surface area contributed by atoms with E-state index in [0.717, 1.165) is 16.6 Å².